The van der Waals surface area contributed by atoms with Crippen LogP contribution in [0.15, 0.2) is 0 Å². The summed E-state index contributed by atoms with van der Waals surface area (Å²) in [6, 6.07) is 0. The van der Waals surface area contributed by atoms with Crippen molar-refractivity contribution in [3.05, 3.63) is 0 Å². The van der Waals surface area contributed by atoms with Crippen LogP contribution in [0.5, 0.6) is 0 Å². The molecule has 14 heavy (non-hydrogen) atoms. The van der Waals surface area contributed by atoms with Crippen LogP contribution in [0, 0.1) is 5.41 Å². The number of ether oxygens (including phenoxy) is 1. The lowest BCUT2D eigenvalue weighted by molar-refractivity contribution is -0.129. The van der Waals surface area contributed by atoms with Crippen molar-refractivity contribution in [2.45, 2.75) is 69.4 Å². The number of alkyl halides is 1. The molecule has 0 aromatic carbocycles. The minimum Gasteiger partial charge on any atom is -0.374 e. The zero-order valence-corrected chi connectivity index (χ0v) is 10.8. The van der Waals surface area contributed by atoms with Crippen molar-refractivity contribution in [2.24, 2.45) is 5.41 Å². The summed E-state index contributed by atoms with van der Waals surface area (Å²) in [5, 5.41) is 0. The first-order valence-corrected chi connectivity index (χ1v) is 6.82. The molecule has 82 valence electrons. The Morgan fingerprint density at radius 1 is 1.14 bits per heavy atom. The van der Waals surface area contributed by atoms with Crippen molar-refractivity contribution in [3.63, 3.8) is 0 Å². The lowest BCUT2D eigenvalue weighted by Gasteiger charge is -2.50. The lowest BCUT2D eigenvalue weighted by atomic mass is 9.69. The number of hydrogen-bond acceptors (Lipinski definition) is 1. The Labute approximate surface area is 95.7 Å². The van der Waals surface area contributed by atoms with Gasteiger partial charge in [-0.3, -0.25) is 0 Å². The van der Waals surface area contributed by atoms with Crippen LogP contribution in [-0.4, -0.2) is 17.0 Å². The quantitative estimate of drug-likeness (QED) is 0.685. The molecule has 1 nitrogen and oxygen atoms in total. The molecule has 0 N–H and O–H groups in total. The molecule has 0 heterocycles. The van der Waals surface area contributed by atoms with Crippen LogP contribution in [0.2, 0.25) is 0 Å². The maximum Gasteiger partial charge on any atom is 0.0651 e. The summed E-state index contributed by atoms with van der Waals surface area (Å²) in [6.07, 6.45) is 8.99. The van der Waals surface area contributed by atoms with Gasteiger partial charge in [-0.05, 0) is 19.3 Å². The summed E-state index contributed by atoms with van der Waals surface area (Å²) in [7, 11) is 0. The topological polar surface area (TPSA) is 9.23 Å². The molecule has 2 saturated carbocycles. The summed E-state index contributed by atoms with van der Waals surface area (Å²) in [4.78, 5) is 0.656. The van der Waals surface area contributed by atoms with Crippen LogP contribution < -0.4 is 0 Å². The molecule has 0 saturated heterocycles. The molecule has 0 aromatic heterocycles. The molecular formula is C12H21BrO. The van der Waals surface area contributed by atoms with Gasteiger partial charge in [-0.2, -0.15) is 0 Å². The first-order chi connectivity index (χ1) is 6.60. The van der Waals surface area contributed by atoms with Crippen molar-refractivity contribution in [3.8, 4) is 0 Å². The molecular weight excluding hydrogens is 240 g/mol. The monoisotopic (exact) mass is 260 g/mol. The third-order valence-corrected chi connectivity index (χ3v) is 5.52. The molecule has 0 bridgehead atoms. The van der Waals surface area contributed by atoms with E-state index in [1.54, 1.807) is 0 Å². The molecule has 2 aliphatic rings. The Bertz CT molecular complexity index is 196. The molecule has 0 spiro atoms. The van der Waals surface area contributed by atoms with Crippen molar-refractivity contribution in [1.29, 1.82) is 0 Å². The summed E-state index contributed by atoms with van der Waals surface area (Å²) in [5.41, 5.74) is 0.345. The lowest BCUT2D eigenvalue weighted by Crippen LogP contribution is -2.52. The molecule has 0 aromatic rings. The smallest absolute Gasteiger partial charge is 0.0651 e. The number of halogens is 1. The third kappa shape index (κ3) is 2.01. The van der Waals surface area contributed by atoms with E-state index in [-0.39, 0.29) is 0 Å². The normalized spacial score (nSPS) is 37.9. The van der Waals surface area contributed by atoms with Gasteiger partial charge in [0.2, 0.25) is 0 Å². The van der Waals surface area contributed by atoms with Crippen molar-refractivity contribution >= 4 is 15.9 Å². The SMILES string of the molecule is CC1(C)C(Br)CC1OC1CCCCC1. The standard InChI is InChI=1S/C12H21BrO/c1-12(2)10(13)8-11(12)14-9-6-4-3-5-7-9/h9-11H,3-8H2,1-2H3. The van der Waals surface area contributed by atoms with E-state index in [1.165, 1.54) is 38.5 Å². The average Bonchev–Trinajstić information content (AvgIpc) is 2.19. The molecule has 2 unspecified atom stereocenters. The fraction of sp³-hybridized carbons (Fsp3) is 1.00. The van der Waals surface area contributed by atoms with Gasteiger partial charge < -0.3 is 4.74 Å². The highest BCUT2D eigenvalue weighted by molar-refractivity contribution is 9.09. The number of rotatable bonds is 2. The third-order valence-electron chi connectivity index (χ3n) is 3.97. The van der Waals surface area contributed by atoms with Gasteiger partial charge in [0, 0.05) is 10.2 Å². The second kappa shape index (κ2) is 4.13. The zero-order valence-electron chi connectivity index (χ0n) is 9.26. The molecule has 2 aliphatic carbocycles. The minimum atomic E-state index is 0.345. The van der Waals surface area contributed by atoms with Crippen LogP contribution in [0.3, 0.4) is 0 Å². The second-order valence-corrected chi connectivity index (χ2v) is 6.51. The van der Waals surface area contributed by atoms with Crippen LogP contribution in [0.4, 0.5) is 0 Å². The Morgan fingerprint density at radius 3 is 2.29 bits per heavy atom. The summed E-state index contributed by atoms with van der Waals surface area (Å²) >= 11 is 3.71. The van der Waals surface area contributed by atoms with Gasteiger partial charge in [0.1, 0.15) is 0 Å². The maximum atomic E-state index is 6.18. The maximum absolute atomic E-state index is 6.18. The molecule has 0 aliphatic heterocycles. The van der Waals surface area contributed by atoms with E-state index in [9.17, 15) is 0 Å². The van der Waals surface area contributed by atoms with E-state index in [0.29, 0.717) is 22.5 Å². The van der Waals surface area contributed by atoms with Crippen LogP contribution in [0.25, 0.3) is 0 Å². The van der Waals surface area contributed by atoms with Gasteiger partial charge in [0.25, 0.3) is 0 Å². The van der Waals surface area contributed by atoms with Crippen molar-refractivity contribution in [1.82, 2.24) is 0 Å². The van der Waals surface area contributed by atoms with E-state index in [0.717, 1.165) is 0 Å². The van der Waals surface area contributed by atoms with Gasteiger partial charge in [0.05, 0.1) is 12.2 Å². The highest BCUT2D eigenvalue weighted by atomic mass is 79.9. The predicted molar refractivity (Wildman–Crippen MR) is 62.9 cm³/mol. The van der Waals surface area contributed by atoms with Crippen LogP contribution >= 0.6 is 15.9 Å². The van der Waals surface area contributed by atoms with E-state index in [4.69, 9.17) is 4.74 Å². The highest BCUT2D eigenvalue weighted by Gasteiger charge is 2.48. The molecule has 0 amide bonds. The Hall–Kier alpha value is 0.440. The van der Waals surface area contributed by atoms with Crippen LogP contribution in [0.1, 0.15) is 52.4 Å². The Morgan fingerprint density at radius 2 is 1.79 bits per heavy atom. The molecule has 2 rings (SSSR count). The fourth-order valence-electron chi connectivity index (χ4n) is 2.50. The van der Waals surface area contributed by atoms with Gasteiger partial charge in [0.15, 0.2) is 0 Å². The highest BCUT2D eigenvalue weighted by Crippen LogP contribution is 2.48. The van der Waals surface area contributed by atoms with Crippen LogP contribution in [-0.2, 0) is 4.74 Å². The number of hydrogen-bond donors (Lipinski definition) is 0. The fourth-order valence-corrected chi connectivity index (χ4v) is 3.14. The molecule has 2 heteroatoms. The van der Waals surface area contributed by atoms with Gasteiger partial charge >= 0.3 is 0 Å². The minimum absolute atomic E-state index is 0.345. The van der Waals surface area contributed by atoms with E-state index < -0.39 is 0 Å². The zero-order chi connectivity index (χ0) is 10.2. The van der Waals surface area contributed by atoms with Gasteiger partial charge in [-0.1, -0.05) is 49.0 Å². The van der Waals surface area contributed by atoms with Crippen molar-refractivity contribution in [2.75, 3.05) is 0 Å². The average molecular weight is 261 g/mol. The molecule has 2 atom stereocenters. The summed E-state index contributed by atoms with van der Waals surface area (Å²) in [5.74, 6) is 0. The molecule has 0 radical (unpaired) electrons. The predicted octanol–water partition coefficient (Wildman–Crippen LogP) is 3.90. The second-order valence-electron chi connectivity index (χ2n) is 5.41. The first kappa shape index (κ1) is 10.9. The summed E-state index contributed by atoms with van der Waals surface area (Å²) < 4.78 is 6.18. The van der Waals surface area contributed by atoms with Gasteiger partial charge in [-0.25, -0.2) is 0 Å². The van der Waals surface area contributed by atoms with E-state index in [2.05, 4.69) is 29.8 Å². The Balaban J connectivity index is 1.80. The summed E-state index contributed by atoms with van der Waals surface area (Å²) in [6.45, 7) is 4.62. The Kier molecular flexibility index (Phi) is 3.23. The van der Waals surface area contributed by atoms with Crippen molar-refractivity contribution < 1.29 is 4.74 Å². The van der Waals surface area contributed by atoms with E-state index >= 15 is 0 Å². The molecule has 2 fully saturated rings. The first-order valence-electron chi connectivity index (χ1n) is 5.90. The largest absolute Gasteiger partial charge is 0.374 e. The van der Waals surface area contributed by atoms with E-state index in [1.807, 2.05) is 0 Å². The van der Waals surface area contributed by atoms with Gasteiger partial charge in [-0.15, -0.1) is 0 Å².